The quantitative estimate of drug-likeness (QED) is 0.464. The van der Waals surface area contributed by atoms with Crippen molar-refractivity contribution in [2.75, 3.05) is 0 Å². The molecule has 1 aromatic carbocycles. The van der Waals surface area contributed by atoms with E-state index in [4.69, 9.17) is 0 Å². The fourth-order valence-corrected chi connectivity index (χ4v) is 2.99. The lowest BCUT2D eigenvalue weighted by atomic mass is 10.3. The van der Waals surface area contributed by atoms with Crippen molar-refractivity contribution in [1.29, 1.82) is 0 Å². The molecule has 0 aromatic heterocycles. The third kappa shape index (κ3) is 2.79. The van der Waals surface area contributed by atoms with E-state index in [1.54, 1.807) is 0 Å². The predicted molar refractivity (Wildman–Crippen MR) is 67.8 cm³/mol. The van der Waals surface area contributed by atoms with Crippen LogP contribution in [0.5, 0.6) is 0 Å². The lowest BCUT2D eigenvalue weighted by molar-refractivity contribution is -0.396. The molecule has 1 saturated carbocycles. The van der Waals surface area contributed by atoms with Gasteiger partial charge in [0.15, 0.2) is 0 Å². The molecule has 1 fully saturated rings. The maximum Gasteiger partial charge on any atom is 0.289 e. The van der Waals surface area contributed by atoms with Crippen LogP contribution >= 0.6 is 11.8 Å². The van der Waals surface area contributed by atoms with Crippen LogP contribution < -0.4 is 0 Å². The molecular formula is C11H12N2O4S. The summed E-state index contributed by atoms with van der Waals surface area (Å²) in [5.41, 5.74) is -0.424. The van der Waals surface area contributed by atoms with Crippen LogP contribution in [0.3, 0.4) is 0 Å². The Kier molecular flexibility index (Phi) is 3.51. The van der Waals surface area contributed by atoms with Gasteiger partial charge in [0.2, 0.25) is 0 Å². The van der Waals surface area contributed by atoms with E-state index in [9.17, 15) is 20.2 Å². The summed E-state index contributed by atoms with van der Waals surface area (Å²) < 4.78 is 0. The average Bonchev–Trinajstić information content (AvgIpc) is 3.12. The standard InChI is InChI=1S/C11H12N2O4S/c1-7(8-2-3-8)18-11-5-4-9(12(14)15)6-10(11)13(16)17/h4-8H,2-3H2,1H3. The number of benzene rings is 1. The molecule has 0 spiro atoms. The Bertz CT molecular complexity index is 502. The van der Waals surface area contributed by atoms with E-state index in [1.807, 2.05) is 6.92 Å². The molecule has 18 heavy (non-hydrogen) atoms. The summed E-state index contributed by atoms with van der Waals surface area (Å²) in [6.45, 7) is 2.04. The van der Waals surface area contributed by atoms with E-state index in [2.05, 4.69) is 0 Å². The molecule has 2 rings (SSSR count). The molecule has 96 valence electrons. The lowest BCUT2D eigenvalue weighted by Gasteiger charge is -2.09. The zero-order valence-electron chi connectivity index (χ0n) is 9.74. The van der Waals surface area contributed by atoms with Crippen molar-refractivity contribution >= 4 is 23.1 Å². The van der Waals surface area contributed by atoms with Gasteiger partial charge in [0, 0.05) is 11.3 Å². The molecule has 1 aliphatic carbocycles. The van der Waals surface area contributed by atoms with Crippen molar-refractivity contribution in [3.63, 3.8) is 0 Å². The number of hydrogen-bond acceptors (Lipinski definition) is 5. The second-order valence-corrected chi connectivity index (χ2v) is 5.75. The summed E-state index contributed by atoms with van der Waals surface area (Å²) in [6.07, 6.45) is 2.32. The number of thioether (sulfide) groups is 1. The molecule has 6 nitrogen and oxygen atoms in total. The van der Waals surface area contributed by atoms with Crippen LogP contribution in [-0.2, 0) is 0 Å². The second kappa shape index (κ2) is 4.93. The van der Waals surface area contributed by atoms with E-state index in [-0.39, 0.29) is 11.4 Å². The molecule has 0 N–H and O–H groups in total. The predicted octanol–water partition coefficient (Wildman–Crippen LogP) is 3.39. The fourth-order valence-electron chi connectivity index (χ4n) is 1.72. The molecule has 1 unspecified atom stereocenters. The Morgan fingerprint density at radius 2 is 1.94 bits per heavy atom. The Hall–Kier alpha value is -1.63. The van der Waals surface area contributed by atoms with Crippen molar-refractivity contribution < 1.29 is 9.85 Å². The third-order valence-electron chi connectivity index (χ3n) is 2.95. The monoisotopic (exact) mass is 268 g/mol. The van der Waals surface area contributed by atoms with Crippen molar-refractivity contribution in [2.24, 2.45) is 5.92 Å². The SMILES string of the molecule is CC(Sc1ccc([N+](=O)[O-])cc1[N+](=O)[O-])C1CC1. The summed E-state index contributed by atoms with van der Waals surface area (Å²) in [4.78, 5) is 20.9. The summed E-state index contributed by atoms with van der Waals surface area (Å²) in [5, 5.41) is 21.8. The molecule has 7 heteroatoms. The van der Waals surface area contributed by atoms with Gasteiger partial charge in [0.05, 0.1) is 20.8 Å². The van der Waals surface area contributed by atoms with Crippen LogP contribution in [-0.4, -0.2) is 15.1 Å². The number of nitro groups is 2. The highest BCUT2D eigenvalue weighted by atomic mass is 32.2. The van der Waals surface area contributed by atoms with E-state index in [1.165, 1.54) is 23.9 Å². The highest BCUT2D eigenvalue weighted by molar-refractivity contribution is 8.00. The van der Waals surface area contributed by atoms with Gasteiger partial charge in [0.25, 0.3) is 11.4 Å². The van der Waals surface area contributed by atoms with Crippen molar-refractivity contribution in [3.05, 3.63) is 38.4 Å². The first kappa shape index (κ1) is 12.8. The summed E-state index contributed by atoms with van der Waals surface area (Å²) in [6, 6.07) is 3.82. The van der Waals surface area contributed by atoms with Gasteiger partial charge < -0.3 is 0 Å². The van der Waals surface area contributed by atoms with Gasteiger partial charge in [-0.3, -0.25) is 20.2 Å². The minimum atomic E-state index is -0.619. The fraction of sp³-hybridized carbons (Fsp3) is 0.455. The normalized spacial score (nSPS) is 16.3. The molecule has 0 saturated heterocycles. The van der Waals surface area contributed by atoms with Crippen LogP contribution in [0.4, 0.5) is 11.4 Å². The van der Waals surface area contributed by atoms with Gasteiger partial charge in [0.1, 0.15) is 0 Å². The topological polar surface area (TPSA) is 86.3 Å². The summed E-state index contributed by atoms with van der Waals surface area (Å²) >= 11 is 1.43. The molecule has 1 atom stereocenters. The Morgan fingerprint density at radius 3 is 2.44 bits per heavy atom. The zero-order chi connectivity index (χ0) is 13.3. The van der Waals surface area contributed by atoms with E-state index in [0.29, 0.717) is 16.1 Å². The maximum atomic E-state index is 10.9. The van der Waals surface area contributed by atoms with Crippen molar-refractivity contribution in [2.45, 2.75) is 29.9 Å². The molecule has 0 bridgehead atoms. The summed E-state index contributed by atoms with van der Waals surface area (Å²) in [5.74, 6) is 0.616. The molecule has 1 aliphatic rings. The first-order chi connectivity index (χ1) is 8.49. The van der Waals surface area contributed by atoms with Gasteiger partial charge in [-0.05, 0) is 24.8 Å². The van der Waals surface area contributed by atoms with Gasteiger partial charge in [-0.25, -0.2) is 0 Å². The van der Waals surface area contributed by atoms with E-state index >= 15 is 0 Å². The third-order valence-corrected chi connectivity index (χ3v) is 4.30. The van der Waals surface area contributed by atoms with Crippen LogP contribution in [0.25, 0.3) is 0 Å². The van der Waals surface area contributed by atoms with E-state index < -0.39 is 9.85 Å². The average molecular weight is 268 g/mol. The first-order valence-corrected chi connectivity index (χ1v) is 6.46. The van der Waals surface area contributed by atoms with E-state index in [0.717, 1.165) is 18.9 Å². The van der Waals surface area contributed by atoms with Crippen molar-refractivity contribution in [1.82, 2.24) is 0 Å². The molecule has 0 amide bonds. The molecule has 0 aliphatic heterocycles. The highest BCUT2D eigenvalue weighted by Crippen LogP contribution is 2.44. The van der Waals surface area contributed by atoms with Gasteiger partial charge >= 0.3 is 0 Å². The van der Waals surface area contributed by atoms with Gasteiger partial charge in [-0.2, -0.15) is 0 Å². The van der Waals surface area contributed by atoms with Crippen molar-refractivity contribution in [3.8, 4) is 0 Å². The Morgan fingerprint density at radius 1 is 1.28 bits per heavy atom. The number of nitro benzene ring substituents is 2. The smallest absolute Gasteiger partial charge is 0.258 e. The largest absolute Gasteiger partial charge is 0.289 e. The number of rotatable bonds is 5. The van der Waals surface area contributed by atoms with Crippen LogP contribution in [0.2, 0.25) is 0 Å². The van der Waals surface area contributed by atoms with Crippen LogP contribution in [0.15, 0.2) is 23.1 Å². The second-order valence-electron chi connectivity index (χ2n) is 4.33. The maximum absolute atomic E-state index is 10.9. The van der Waals surface area contributed by atoms with Gasteiger partial charge in [-0.1, -0.05) is 6.92 Å². The molecule has 1 aromatic rings. The number of non-ortho nitro benzene ring substituents is 1. The highest BCUT2D eigenvalue weighted by Gasteiger charge is 2.30. The van der Waals surface area contributed by atoms with Crippen LogP contribution in [0.1, 0.15) is 19.8 Å². The number of nitrogens with zero attached hydrogens (tertiary/aromatic N) is 2. The lowest BCUT2D eigenvalue weighted by Crippen LogP contribution is -2.00. The zero-order valence-corrected chi connectivity index (χ0v) is 10.6. The first-order valence-electron chi connectivity index (χ1n) is 5.58. The minimum absolute atomic E-state index is 0.179. The molecular weight excluding hydrogens is 256 g/mol. The Balaban J connectivity index is 2.27. The Labute approximate surface area is 108 Å². The summed E-state index contributed by atoms with van der Waals surface area (Å²) in [7, 11) is 0. The molecule has 0 radical (unpaired) electrons. The number of hydrogen-bond donors (Lipinski definition) is 0. The van der Waals surface area contributed by atoms with Crippen LogP contribution in [0, 0.1) is 26.1 Å². The van der Waals surface area contributed by atoms with Gasteiger partial charge in [-0.15, -0.1) is 11.8 Å². The minimum Gasteiger partial charge on any atom is -0.258 e. The molecule has 0 heterocycles.